The summed E-state index contributed by atoms with van der Waals surface area (Å²) < 4.78 is 37.1. The van der Waals surface area contributed by atoms with Crippen LogP contribution in [0.1, 0.15) is 105 Å². The lowest BCUT2D eigenvalue weighted by Crippen LogP contribution is -2.19. The summed E-state index contributed by atoms with van der Waals surface area (Å²) in [6.45, 7) is 27.1. The van der Waals surface area contributed by atoms with Gasteiger partial charge in [0.25, 0.3) is 0 Å². The predicted molar refractivity (Wildman–Crippen MR) is 203 cm³/mol. The van der Waals surface area contributed by atoms with Crippen LogP contribution in [-0.2, 0) is 21.7 Å². The SMILES string of the molecule is COc1c(C(C)(C)C)cc(-c2ccc3c(c2-c2c(-c4cc(C(C)(C)C)c(OC)c(C(C)(C)C)c4)ccc4c2OCO4)OCO3)cc1C(C)(C)C. The molecule has 0 fully saturated rings. The molecule has 266 valence electrons. The molecule has 0 bridgehead atoms. The van der Waals surface area contributed by atoms with E-state index >= 15 is 0 Å². The van der Waals surface area contributed by atoms with Gasteiger partial charge < -0.3 is 28.4 Å². The predicted octanol–water partition coefficient (Wildman–Crippen LogP) is 11.4. The van der Waals surface area contributed by atoms with E-state index in [0.29, 0.717) is 23.0 Å². The van der Waals surface area contributed by atoms with Gasteiger partial charge in [0.2, 0.25) is 13.6 Å². The zero-order valence-electron chi connectivity index (χ0n) is 32.5. The number of rotatable bonds is 5. The molecule has 0 saturated carbocycles. The largest absolute Gasteiger partial charge is 0.496 e. The maximum atomic E-state index is 6.37. The molecule has 4 aromatic carbocycles. The van der Waals surface area contributed by atoms with Gasteiger partial charge in [0.1, 0.15) is 11.5 Å². The van der Waals surface area contributed by atoms with Crippen molar-refractivity contribution >= 4 is 0 Å². The highest BCUT2D eigenvalue weighted by Gasteiger charge is 2.35. The molecule has 4 aromatic rings. The molecule has 0 saturated heterocycles. The second-order valence-corrected chi connectivity index (χ2v) is 17.7. The number of ether oxygens (including phenoxy) is 6. The number of benzene rings is 4. The number of hydrogen-bond acceptors (Lipinski definition) is 6. The van der Waals surface area contributed by atoms with Gasteiger partial charge in [-0.2, -0.15) is 0 Å². The maximum Gasteiger partial charge on any atom is 0.231 e. The molecule has 0 radical (unpaired) electrons. The summed E-state index contributed by atoms with van der Waals surface area (Å²) in [7, 11) is 3.55. The molecule has 6 heteroatoms. The van der Waals surface area contributed by atoms with Gasteiger partial charge in [-0.3, -0.25) is 0 Å². The third kappa shape index (κ3) is 6.16. The Labute approximate surface area is 299 Å². The Bertz CT molecular complexity index is 1740. The van der Waals surface area contributed by atoms with E-state index in [1.54, 1.807) is 14.2 Å². The van der Waals surface area contributed by atoms with Crippen LogP contribution in [0, 0.1) is 0 Å². The summed E-state index contributed by atoms with van der Waals surface area (Å²) >= 11 is 0. The Morgan fingerprint density at radius 2 is 0.740 bits per heavy atom. The maximum absolute atomic E-state index is 6.37. The Kier molecular flexibility index (Phi) is 8.64. The van der Waals surface area contributed by atoms with Crippen molar-refractivity contribution in [2.75, 3.05) is 27.8 Å². The second kappa shape index (κ2) is 12.2. The normalized spacial score (nSPS) is 14.3. The first-order valence-corrected chi connectivity index (χ1v) is 17.6. The standard InChI is InChI=1S/C44H54O6/c1-41(2,3)29-19-25(20-30(37(29)45-13)42(4,5)6)27-15-17-33-39(49-23-47-33)35(27)36-28(16-18-34-40(36)50-24-48-34)26-21-31(43(7,8)9)38(46-14)32(22-26)44(10,11)12/h15-22H,23-24H2,1-14H3. The summed E-state index contributed by atoms with van der Waals surface area (Å²) in [6, 6.07) is 17.4. The van der Waals surface area contributed by atoms with E-state index in [9.17, 15) is 0 Å². The molecular weight excluding hydrogens is 624 g/mol. The van der Waals surface area contributed by atoms with Crippen molar-refractivity contribution in [1.29, 1.82) is 0 Å². The van der Waals surface area contributed by atoms with Gasteiger partial charge in [-0.1, -0.05) is 83.1 Å². The quantitative estimate of drug-likeness (QED) is 0.209. The van der Waals surface area contributed by atoms with Gasteiger partial charge >= 0.3 is 0 Å². The molecule has 6 nitrogen and oxygen atoms in total. The number of fused-ring (bicyclic) bond motifs is 2. The first-order valence-electron chi connectivity index (χ1n) is 17.6. The van der Waals surface area contributed by atoms with Crippen LogP contribution in [0.15, 0.2) is 48.5 Å². The summed E-state index contributed by atoms with van der Waals surface area (Å²) in [5.41, 5.74) is 9.84. The minimum atomic E-state index is -0.177. The van der Waals surface area contributed by atoms with Crippen LogP contribution >= 0.6 is 0 Å². The van der Waals surface area contributed by atoms with Crippen molar-refractivity contribution < 1.29 is 28.4 Å². The first kappa shape index (κ1) is 35.5. The van der Waals surface area contributed by atoms with Gasteiger partial charge in [0.15, 0.2) is 23.0 Å². The Morgan fingerprint density at radius 1 is 0.440 bits per heavy atom. The highest BCUT2D eigenvalue weighted by Crippen LogP contribution is 2.57. The molecule has 0 aromatic heterocycles. The molecular formula is C44H54O6. The molecule has 0 unspecified atom stereocenters. The highest BCUT2D eigenvalue weighted by molar-refractivity contribution is 6.00. The molecule has 0 atom stereocenters. The molecule has 6 rings (SSSR count). The smallest absolute Gasteiger partial charge is 0.231 e. The zero-order valence-corrected chi connectivity index (χ0v) is 32.5. The highest BCUT2D eigenvalue weighted by atomic mass is 16.7. The van der Waals surface area contributed by atoms with Crippen molar-refractivity contribution in [3.8, 4) is 67.9 Å². The van der Waals surface area contributed by atoms with E-state index in [4.69, 9.17) is 28.4 Å². The van der Waals surface area contributed by atoms with Gasteiger partial charge in [-0.15, -0.1) is 0 Å². The van der Waals surface area contributed by atoms with Gasteiger partial charge in [0, 0.05) is 33.4 Å². The lowest BCUT2D eigenvalue weighted by molar-refractivity contribution is 0.173. The second-order valence-electron chi connectivity index (χ2n) is 17.7. The van der Waals surface area contributed by atoms with Crippen molar-refractivity contribution in [2.24, 2.45) is 0 Å². The van der Waals surface area contributed by atoms with E-state index < -0.39 is 0 Å². The third-order valence-electron chi connectivity index (χ3n) is 9.77. The average molecular weight is 679 g/mol. The van der Waals surface area contributed by atoms with Crippen LogP contribution in [0.3, 0.4) is 0 Å². The van der Waals surface area contributed by atoms with E-state index in [-0.39, 0.29) is 35.2 Å². The molecule has 50 heavy (non-hydrogen) atoms. The fourth-order valence-electron chi connectivity index (χ4n) is 7.16. The summed E-state index contributed by atoms with van der Waals surface area (Å²) in [5, 5.41) is 0. The van der Waals surface area contributed by atoms with Crippen LogP contribution < -0.4 is 28.4 Å². The van der Waals surface area contributed by atoms with Crippen molar-refractivity contribution in [3.05, 3.63) is 70.8 Å². The van der Waals surface area contributed by atoms with Crippen molar-refractivity contribution in [1.82, 2.24) is 0 Å². The average Bonchev–Trinajstić information content (AvgIpc) is 3.71. The Hall–Kier alpha value is -4.32. The first-order chi connectivity index (χ1) is 23.3. The van der Waals surface area contributed by atoms with Crippen LogP contribution in [0.4, 0.5) is 0 Å². The zero-order chi connectivity index (χ0) is 36.6. The van der Waals surface area contributed by atoms with Gasteiger partial charge in [0.05, 0.1) is 14.2 Å². The van der Waals surface area contributed by atoms with E-state index in [0.717, 1.165) is 67.1 Å². The molecule has 0 spiro atoms. The lowest BCUT2D eigenvalue weighted by atomic mass is 9.76. The Morgan fingerprint density at radius 3 is 1.00 bits per heavy atom. The molecule has 2 aliphatic heterocycles. The summed E-state index contributed by atoms with van der Waals surface area (Å²) in [5.74, 6) is 4.64. The topological polar surface area (TPSA) is 55.4 Å². The monoisotopic (exact) mass is 678 g/mol. The van der Waals surface area contributed by atoms with Crippen LogP contribution in [0.25, 0.3) is 33.4 Å². The van der Waals surface area contributed by atoms with E-state index in [1.165, 1.54) is 0 Å². The Balaban J connectivity index is 1.76. The summed E-state index contributed by atoms with van der Waals surface area (Å²) in [6.07, 6.45) is 0. The van der Waals surface area contributed by atoms with E-state index in [1.807, 2.05) is 12.1 Å². The number of hydrogen-bond donors (Lipinski definition) is 0. The minimum absolute atomic E-state index is 0.140. The summed E-state index contributed by atoms with van der Waals surface area (Å²) in [4.78, 5) is 0. The fraction of sp³-hybridized carbons (Fsp3) is 0.455. The molecule has 2 heterocycles. The van der Waals surface area contributed by atoms with E-state index in [2.05, 4.69) is 119 Å². The lowest BCUT2D eigenvalue weighted by Gasteiger charge is -2.31. The molecule has 0 amide bonds. The van der Waals surface area contributed by atoms with Crippen molar-refractivity contribution in [3.63, 3.8) is 0 Å². The van der Waals surface area contributed by atoms with Crippen LogP contribution in [0.5, 0.6) is 34.5 Å². The molecule has 0 aliphatic carbocycles. The minimum Gasteiger partial charge on any atom is -0.496 e. The van der Waals surface area contributed by atoms with Gasteiger partial charge in [-0.25, -0.2) is 0 Å². The van der Waals surface area contributed by atoms with Gasteiger partial charge in [-0.05, 0) is 92.4 Å². The molecule has 0 N–H and O–H groups in total. The fourth-order valence-corrected chi connectivity index (χ4v) is 7.16. The third-order valence-corrected chi connectivity index (χ3v) is 9.77. The van der Waals surface area contributed by atoms with Crippen LogP contribution in [0.2, 0.25) is 0 Å². The van der Waals surface area contributed by atoms with Crippen LogP contribution in [-0.4, -0.2) is 27.8 Å². The van der Waals surface area contributed by atoms with Crippen molar-refractivity contribution in [2.45, 2.75) is 105 Å². The number of methoxy groups -OCH3 is 2. The molecule has 2 aliphatic rings.